The second kappa shape index (κ2) is 6.36. The van der Waals surface area contributed by atoms with Gasteiger partial charge in [0.25, 0.3) is 0 Å². The van der Waals surface area contributed by atoms with Crippen LogP contribution in [0.4, 0.5) is 0 Å². The average Bonchev–Trinajstić information content (AvgIpc) is 2.16. The number of rotatable bonds is 5. The van der Waals surface area contributed by atoms with Crippen molar-refractivity contribution < 1.29 is 29.3 Å². The highest BCUT2D eigenvalue weighted by Crippen LogP contribution is 2.15. The summed E-state index contributed by atoms with van der Waals surface area (Å²) < 4.78 is 8.73. The molecule has 0 amide bonds. The molecule has 15 heavy (non-hydrogen) atoms. The fourth-order valence-corrected chi connectivity index (χ4v) is 1.19. The number of carbonyl (C=O) groups excluding carboxylic acids is 2. The van der Waals surface area contributed by atoms with Crippen LogP contribution >= 0.6 is 0 Å². The van der Waals surface area contributed by atoms with Crippen molar-refractivity contribution >= 4 is 11.9 Å². The number of methoxy groups -OCH3 is 2. The third-order valence-corrected chi connectivity index (χ3v) is 2.01. The molecule has 6 heteroatoms. The van der Waals surface area contributed by atoms with Crippen LogP contribution in [0.1, 0.15) is 13.3 Å². The predicted molar refractivity (Wildman–Crippen MR) is 49.8 cm³/mol. The average molecular weight is 220 g/mol. The van der Waals surface area contributed by atoms with Gasteiger partial charge in [-0.05, 0) is 6.92 Å². The molecule has 2 N–H and O–H groups in total. The lowest BCUT2D eigenvalue weighted by atomic mass is 9.95. The Hall–Kier alpha value is -1.14. The lowest BCUT2D eigenvalue weighted by Crippen LogP contribution is -2.38. The maximum atomic E-state index is 11.2. The second-order valence-electron chi connectivity index (χ2n) is 3.14. The highest BCUT2D eigenvalue weighted by Gasteiger charge is 2.33. The number of carbonyl (C=O) groups is 2. The summed E-state index contributed by atoms with van der Waals surface area (Å²) in [6.07, 6.45) is -2.77. The Balaban J connectivity index is 4.49. The van der Waals surface area contributed by atoms with Gasteiger partial charge in [0.1, 0.15) is 5.92 Å². The number of hydrogen-bond acceptors (Lipinski definition) is 6. The third-order valence-electron chi connectivity index (χ3n) is 2.01. The van der Waals surface area contributed by atoms with E-state index in [1.54, 1.807) is 0 Å². The van der Waals surface area contributed by atoms with Crippen LogP contribution in [0.25, 0.3) is 0 Å². The van der Waals surface area contributed by atoms with Crippen LogP contribution in [-0.2, 0) is 19.1 Å². The van der Waals surface area contributed by atoms with E-state index in [4.69, 9.17) is 0 Å². The minimum atomic E-state index is -1.31. The van der Waals surface area contributed by atoms with Gasteiger partial charge in [0.15, 0.2) is 0 Å². The monoisotopic (exact) mass is 220 g/mol. The van der Waals surface area contributed by atoms with Gasteiger partial charge in [0, 0.05) is 0 Å². The molecule has 0 aliphatic rings. The highest BCUT2D eigenvalue weighted by molar-refractivity contribution is 5.76. The molecular weight excluding hydrogens is 204 g/mol. The SMILES string of the molecule is COC(=O)CC(O)C(C(=O)OC)C(C)O. The molecule has 0 saturated heterocycles. The number of aliphatic hydroxyl groups excluding tert-OH is 2. The van der Waals surface area contributed by atoms with E-state index >= 15 is 0 Å². The van der Waals surface area contributed by atoms with Crippen LogP contribution in [0.2, 0.25) is 0 Å². The van der Waals surface area contributed by atoms with Crippen molar-refractivity contribution in [2.75, 3.05) is 14.2 Å². The molecule has 0 spiro atoms. The molecule has 0 aromatic heterocycles. The van der Waals surface area contributed by atoms with E-state index < -0.39 is 30.1 Å². The van der Waals surface area contributed by atoms with Crippen molar-refractivity contribution in [1.82, 2.24) is 0 Å². The van der Waals surface area contributed by atoms with Gasteiger partial charge in [-0.15, -0.1) is 0 Å². The van der Waals surface area contributed by atoms with Gasteiger partial charge in [-0.2, -0.15) is 0 Å². The van der Waals surface area contributed by atoms with E-state index in [1.165, 1.54) is 14.0 Å². The molecule has 0 saturated carbocycles. The van der Waals surface area contributed by atoms with E-state index in [1.807, 2.05) is 0 Å². The molecule has 0 heterocycles. The van der Waals surface area contributed by atoms with Gasteiger partial charge >= 0.3 is 11.9 Å². The van der Waals surface area contributed by atoms with E-state index in [-0.39, 0.29) is 6.42 Å². The molecule has 0 aromatic rings. The summed E-state index contributed by atoms with van der Waals surface area (Å²) in [4.78, 5) is 22.0. The molecule has 3 atom stereocenters. The zero-order valence-corrected chi connectivity index (χ0v) is 8.97. The van der Waals surface area contributed by atoms with Crippen LogP contribution in [0.3, 0.4) is 0 Å². The fraction of sp³-hybridized carbons (Fsp3) is 0.778. The van der Waals surface area contributed by atoms with Crippen LogP contribution < -0.4 is 0 Å². The van der Waals surface area contributed by atoms with Crippen LogP contribution in [-0.4, -0.2) is 48.6 Å². The van der Waals surface area contributed by atoms with Gasteiger partial charge in [0.2, 0.25) is 0 Å². The summed E-state index contributed by atoms with van der Waals surface area (Å²) >= 11 is 0. The largest absolute Gasteiger partial charge is 0.469 e. The van der Waals surface area contributed by atoms with Crippen molar-refractivity contribution in [3.8, 4) is 0 Å². The Morgan fingerprint density at radius 2 is 1.73 bits per heavy atom. The molecule has 0 aliphatic heterocycles. The molecule has 6 nitrogen and oxygen atoms in total. The van der Waals surface area contributed by atoms with Crippen molar-refractivity contribution in [2.45, 2.75) is 25.6 Å². The zero-order valence-electron chi connectivity index (χ0n) is 8.97. The molecule has 88 valence electrons. The first-order valence-electron chi connectivity index (χ1n) is 4.44. The summed E-state index contributed by atoms with van der Waals surface area (Å²) in [6.45, 7) is 1.34. The lowest BCUT2D eigenvalue weighted by Gasteiger charge is -2.22. The number of aliphatic hydroxyl groups is 2. The predicted octanol–water partition coefficient (Wildman–Crippen LogP) is -0.920. The van der Waals surface area contributed by atoms with E-state index in [0.29, 0.717) is 0 Å². The molecule has 0 aliphatic carbocycles. The number of ether oxygens (including phenoxy) is 2. The van der Waals surface area contributed by atoms with Crippen molar-refractivity contribution in [3.63, 3.8) is 0 Å². The van der Waals surface area contributed by atoms with Crippen LogP contribution in [0.15, 0.2) is 0 Å². The minimum absolute atomic E-state index is 0.360. The van der Waals surface area contributed by atoms with Crippen LogP contribution in [0.5, 0.6) is 0 Å². The number of esters is 2. The smallest absolute Gasteiger partial charge is 0.313 e. The maximum Gasteiger partial charge on any atom is 0.313 e. The highest BCUT2D eigenvalue weighted by atomic mass is 16.5. The quantitative estimate of drug-likeness (QED) is 0.582. The first-order valence-corrected chi connectivity index (χ1v) is 4.44. The second-order valence-corrected chi connectivity index (χ2v) is 3.14. The number of hydrogen-bond donors (Lipinski definition) is 2. The van der Waals surface area contributed by atoms with Gasteiger partial charge in [-0.25, -0.2) is 0 Å². The Bertz CT molecular complexity index is 225. The molecule has 0 rings (SSSR count). The Morgan fingerprint density at radius 3 is 2.07 bits per heavy atom. The Morgan fingerprint density at radius 1 is 1.20 bits per heavy atom. The van der Waals surface area contributed by atoms with Gasteiger partial charge < -0.3 is 19.7 Å². The summed E-state index contributed by atoms with van der Waals surface area (Å²) in [5, 5.41) is 18.8. The van der Waals surface area contributed by atoms with Crippen molar-refractivity contribution in [3.05, 3.63) is 0 Å². The summed E-state index contributed by atoms with van der Waals surface area (Å²) in [6, 6.07) is 0. The Labute approximate surface area is 87.8 Å². The molecule has 3 unspecified atom stereocenters. The molecule has 0 radical (unpaired) electrons. The van der Waals surface area contributed by atoms with Crippen molar-refractivity contribution in [2.24, 2.45) is 5.92 Å². The van der Waals surface area contributed by atoms with Gasteiger partial charge in [-0.1, -0.05) is 0 Å². The van der Waals surface area contributed by atoms with Gasteiger partial charge in [0.05, 0.1) is 32.8 Å². The molecule has 0 aromatic carbocycles. The molecule has 0 bridgehead atoms. The van der Waals surface area contributed by atoms with E-state index in [0.717, 1.165) is 7.11 Å². The summed E-state index contributed by atoms with van der Waals surface area (Å²) in [7, 11) is 2.31. The first kappa shape index (κ1) is 13.9. The fourth-order valence-electron chi connectivity index (χ4n) is 1.19. The standard InChI is InChI=1S/C9H16O6/c1-5(10)8(9(13)15-3)6(11)4-7(12)14-2/h5-6,8,10-11H,4H2,1-3H3. The summed E-state index contributed by atoms with van der Waals surface area (Å²) in [5.74, 6) is -2.56. The first-order chi connectivity index (χ1) is 6.93. The zero-order chi connectivity index (χ0) is 12.0. The Kier molecular flexibility index (Phi) is 5.88. The normalized spacial score (nSPS) is 16.3. The summed E-state index contributed by atoms with van der Waals surface area (Å²) in [5.41, 5.74) is 0. The minimum Gasteiger partial charge on any atom is -0.469 e. The van der Waals surface area contributed by atoms with Crippen molar-refractivity contribution in [1.29, 1.82) is 0 Å². The third kappa shape index (κ3) is 4.26. The van der Waals surface area contributed by atoms with E-state index in [2.05, 4.69) is 9.47 Å². The van der Waals surface area contributed by atoms with Gasteiger partial charge in [-0.3, -0.25) is 9.59 Å². The van der Waals surface area contributed by atoms with Crippen LogP contribution in [0, 0.1) is 5.92 Å². The topological polar surface area (TPSA) is 93.1 Å². The molecular formula is C9H16O6. The van der Waals surface area contributed by atoms with E-state index in [9.17, 15) is 19.8 Å². The maximum absolute atomic E-state index is 11.2. The lowest BCUT2D eigenvalue weighted by molar-refractivity contribution is -0.157. The molecule has 0 fully saturated rings.